The summed E-state index contributed by atoms with van der Waals surface area (Å²) in [4.78, 5) is 0. The summed E-state index contributed by atoms with van der Waals surface area (Å²) in [5.41, 5.74) is -0.0447. The molecule has 1 rings (SSSR count). The van der Waals surface area contributed by atoms with Crippen molar-refractivity contribution in [2.24, 2.45) is 5.92 Å². The van der Waals surface area contributed by atoms with Crippen molar-refractivity contribution < 1.29 is 13.5 Å². The van der Waals surface area contributed by atoms with Crippen molar-refractivity contribution in [3.63, 3.8) is 0 Å². The Morgan fingerprint density at radius 1 is 1.21 bits per heavy atom. The second-order valence-corrected chi connectivity index (χ2v) is 6.11. The van der Waals surface area contributed by atoms with Gasteiger partial charge < -0.3 is 10.1 Å². The van der Waals surface area contributed by atoms with E-state index in [1.54, 1.807) is 0 Å². The lowest BCUT2D eigenvalue weighted by Crippen LogP contribution is -2.44. The van der Waals surface area contributed by atoms with Crippen LogP contribution in [0.1, 0.15) is 34.6 Å². The summed E-state index contributed by atoms with van der Waals surface area (Å²) in [5.74, 6) is -0.877. The first-order valence-electron chi connectivity index (χ1n) is 6.56. The largest absolute Gasteiger partial charge is 0.486 e. The number of hydrogen-bond acceptors (Lipinski definition) is 2. The Morgan fingerprint density at radius 2 is 1.84 bits per heavy atom. The molecule has 1 unspecified atom stereocenters. The van der Waals surface area contributed by atoms with Crippen LogP contribution in [0.15, 0.2) is 18.2 Å². The molecule has 0 radical (unpaired) electrons. The first-order chi connectivity index (χ1) is 8.69. The molecule has 0 saturated carbocycles. The molecule has 1 aromatic carbocycles. The number of benzene rings is 1. The Bertz CT molecular complexity index is 413. The van der Waals surface area contributed by atoms with Gasteiger partial charge in [-0.05, 0) is 38.8 Å². The first-order valence-corrected chi connectivity index (χ1v) is 6.56. The third kappa shape index (κ3) is 5.55. The van der Waals surface area contributed by atoms with E-state index in [0.29, 0.717) is 6.54 Å². The molecule has 0 fully saturated rings. The van der Waals surface area contributed by atoms with E-state index in [2.05, 4.69) is 5.32 Å². The molecule has 0 heterocycles. The fraction of sp³-hybridized carbons (Fsp3) is 0.600. The fourth-order valence-electron chi connectivity index (χ4n) is 1.55. The van der Waals surface area contributed by atoms with Gasteiger partial charge in [-0.3, -0.25) is 0 Å². The van der Waals surface area contributed by atoms with Crippen molar-refractivity contribution in [3.05, 3.63) is 29.8 Å². The normalized spacial score (nSPS) is 13.7. The van der Waals surface area contributed by atoms with Gasteiger partial charge in [0.25, 0.3) is 0 Å². The van der Waals surface area contributed by atoms with Crippen molar-refractivity contribution in [1.29, 1.82) is 0 Å². The van der Waals surface area contributed by atoms with Crippen molar-refractivity contribution in [3.8, 4) is 5.75 Å². The Hall–Kier alpha value is -1.16. The lowest BCUT2D eigenvalue weighted by molar-refractivity contribution is 0.133. The maximum atomic E-state index is 13.6. The van der Waals surface area contributed by atoms with Gasteiger partial charge in [0.05, 0.1) is 0 Å². The molecule has 1 N–H and O–H groups in total. The molecule has 0 aliphatic heterocycles. The molecule has 19 heavy (non-hydrogen) atoms. The van der Waals surface area contributed by atoms with Crippen molar-refractivity contribution >= 4 is 0 Å². The summed E-state index contributed by atoms with van der Waals surface area (Å²) in [5, 5.41) is 3.32. The number of hydrogen-bond donors (Lipinski definition) is 1. The van der Waals surface area contributed by atoms with E-state index in [0.717, 1.165) is 18.2 Å². The highest BCUT2D eigenvalue weighted by Gasteiger charge is 2.20. The number of halogens is 2. The lowest BCUT2D eigenvalue weighted by Gasteiger charge is -2.28. The third-order valence-corrected chi connectivity index (χ3v) is 2.75. The van der Waals surface area contributed by atoms with Gasteiger partial charge in [0, 0.05) is 18.2 Å². The van der Waals surface area contributed by atoms with Gasteiger partial charge in [-0.2, -0.15) is 0 Å². The van der Waals surface area contributed by atoms with Gasteiger partial charge in [0.2, 0.25) is 0 Å². The highest BCUT2D eigenvalue weighted by Crippen LogP contribution is 2.21. The maximum Gasteiger partial charge on any atom is 0.165 e. The first kappa shape index (κ1) is 15.9. The summed E-state index contributed by atoms with van der Waals surface area (Å²) >= 11 is 0. The van der Waals surface area contributed by atoms with Crippen LogP contribution in [0.2, 0.25) is 0 Å². The van der Waals surface area contributed by atoms with Crippen molar-refractivity contribution in [2.45, 2.75) is 46.3 Å². The van der Waals surface area contributed by atoms with E-state index in [9.17, 15) is 8.78 Å². The Labute approximate surface area is 114 Å². The van der Waals surface area contributed by atoms with E-state index >= 15 is 0 Å². The quantitative estimate of drug-likeness (QED) is 0.880. The van der Waals surface area contributed by atoms with Crippen LogP contribution in [0.25, 0.3) is 0 Å². The van der Waals surface area contributed by atoms with Gasteiger partial charge in [0.15, 0.2) is 11.6 Å². The predicted molar refractivity (Wildman–Crippen MR) is 73.4 cm³/mol. The third-order valence-electron chi connectivity index (χ3n) is 2.75. The van der Waals surface area contributed by atoms with E-state index in [-0.39, 0.29) is 23.3 Å². The van der Waals surface area contributed by atoms with Crippen LogP contribution in [0.3, 0.4) is 0 Å². The zero-order valence-electron chi connectivity index (χ0n) is 12.3. The minimum Gasteiger partial charge on any atom is -0.486 e. The predicted octanol–water partition coefficient (Wildman–Crippen LogP) is 3.76. The Kier molecular flexibility index (Phi) is 5.29. The molecule has 2 nitrogen and oxygen atoms in total. The van der Waals surface area contributed by atoms with Gasteiger partial charge in [-0.1, -0.05) is 13.8 Å². The van der Waals surface area contributed by atoms with Crippen molar-refractivity contribution in [1.82, 2.24) is 5.32 Å². The fourth-order valence-corrected chi connectivity index (χ4v) is 1.55. The molecule has 1 atom stereocenters. The van der Waals surface area contributed by atoms with E-state index in [1.165, 1.54) is 0 Å². The second-order valence-electron chi connectivity index (χ2n) is 6.11. The molecule has 4 heteroatoms. The molecule has 0 aliphatic rings. The molecular formula is C15H23F2NO. The van der Waals surface area contributed by atoms with Gasteiger partial charge in [0.1, 0.15) is 11.9 Å². The summed E-state index contributed by atoms with van der Waals surface area (Å²) in [6.45, 7) is 10.7. The van der Waals surface area contributed by atoms with Crippen LogP contribution in [0.5, 0.6) is 5.75 Å². The summed E-state index contributed by atoms with van der Waals surface area (Å²) in [6.07, 6.45) is -0.212. The Balaban J connectivity index is 2.75. The smallest absolute Gasteiger partial charge is 0.165 e. The van der Waals surface area contributed by atoms with Crippen LogP contribution in [0, 0.1) is 17.6 Å². The molecule has 0 amide bonds. The maximum absolute atomic E-state index is 13.6. The van der Waals surface area contributed by atoms with Crippen LogP contribution in [-0.4, -0.2) is 18.2 Å². The molecule has 108 valence electrons. The molecule has 1 aromatic rings. The average Bonchev–Trinajstić information content (AvgIpc) is 2.27. The zero-order valence-corrected chi connectivity index (χ0v) is 12.3. The standard InChI is InChI=1S/C15H23F2NO/c1-10(2)14(9-18-15(3,4)5)19-13-8-11(16)6-7-12(13)17/h6-8,10,14,18H,9H2,1-5H3. The van der Waals surface area contributed by atoms with Crippen LogP contribution in [0.4, 0.5) is 8.78 Å². The summed E-state index contributed by atoms with van der Waals surface area (Å²) in [6, 6.07) is 3.25. The molecule has 0 bridgehead atoms. The minimum atomic E-state index is -0.539. The SMILES string of the molecule is CC(C)C(CNC(C)(C)C)Oc1cc(F)ccc1F. The second kappa shape index (κ2) is 6.33. The molecule has 0 saturated heterocycles. The monoisotopic (exact) mass is 271 g/mol. The number of nitrogens with one attached hydrogen (secondary N) is 1. The van der Waals surface area contributed by atoms with Gasteiger partial charge >= 0.3 is 0 Å². The molecular weight excluding hydrogens is 248 g/mol. The van der Waals surface area contributed by atoms with E-state index in [4.69, 9.17) is 4.74 Å². The van der Waals surface area contributed by atoms with Crippen LogP contribution < -0.4 is 10.1 Å². The molecule has 0 aromatic heterocycles. The zero-order chi connectivity index (χ0) is 14.6. The number of ether oxygens (including phenoxy) is 1. The molecule has 0 aliphatic carbocycles. The summed E-state index contributed by atoms with van der Waals surface area (Å²) < 4.78 is 32.3. The van der Waals surface area contributed by atoms with Crippen LogP contribution >= 0.6 is 0 Å². The number of rotatable bonds is 5. The lowest BCUT2D eigenvalue weighted by atomic mass is 10.0. The average molecular weight is 271 g/mol. The van der Waals surface area contributed by atoms with E-state index < -0.39 is 11.6 Å². The minimum absolute atomic E-state index is 0.0330. The van der Waals surface area contributed by atoms with E-state index in [1.807, 2.05) is 34.6 Å². The Morgan fingerprint density at radius 3 is 2.37 bits per heavy atom. The highest BCUT2D eigenvalue weighted by molar-refractivity contribution is 5.25. The summed E-state index contributed by atoms with van der Waals surface area (Å²) in [7, 11) is 0. The topological polar surface area (TPSA) is 21.3 Å². The van der Waals surface area contributed by atoms with Gasteiger partial charge in [-0.25, -0.2) is 8.78 Å². The van der Waals surface area contributed by atoms with Crippen LogP contribution in [-0.2, 0) is 0 Å². The van der Waals surface area contributed by atoms with Gasteiger partial charge in [-0.15, -0.1) is 0 Å². The highest BCUT2D eigenvalue weighted by atomic mass is 19.1. The molecule has 0 spiro atoms. The van der Waals surface area contributed by atoms with Crippen molar-refractivity contribution in [2.75, 3.05) is 6.54 Å².